The van der Waals surface area contributed by atoms with E-state index in [0.29, 0.717) is 5.82 Å². The predicted molar refractivity (Wildman–Crippen MR) is 124 cm³/mol. The van der Waals surface area contributed by atoms with E-state index in [1.807, 2.05) is 35.6 Å². The molecule has 0 saturated carbocycles. The monoisotopic (exact) mass is 442 g/mol. The smallest absolute Gasteiger partial charge is 0.205 e. The Morgan fingerprint density at radius 1 is 0.969 bits per heavy atom. The number of hydrogen-bond acceptors (Lipinski definition) is 7. The van der Waals surface area contributed by atoms with E-state index in [4.69, 9.17) is 4.98 Å². The molecule has 0 unspecified atom stereocenters. The Labute approximate surface area is 189 Å². The van der Waals surface area contributed by atoms with E-state index in [2.05, 4.69) is 68.1 Å². The van der Waals surface area contributed by atoms with E-state index in [0.717, 1.165) is 57.6 Å². The number of hydrogen-bond donors (Lipinski definition) is 1. The summed E-state index contributed by atoms with van der Waals surface area (Å²) in [5, 5.41) is 24.1. The summed E-state index contributed by atoms with van der Waals surface area (Å²) >= 11 is 1.66. The fourth-order valence-corrected chi connectivity index (χ4v) is 4.67. The molecule has 3 heterocycles. The van der Waals surface area contributed by atoms with Crippen molar-refractivity contribution in [2.24, 2.45) is 0 Å². The van der Waals surface area contributed by atoms with Crippen molar-refractivity contribution in [3.8, 4) is 22.5 Å². The highest BCUT2D eigenvalue weighted by Crippen LogP contribution is 2.30. The van der Waals surface area contributed by atoms with Crippen LogP contribution in [-0.4, -0.2) is 40.2 Å². The third-order valence-corrected chi connectivity index (χ3v) is 6.24. The minimum atomic E-state index is 0.588. The molecule has 0 radical (unpaired) electrons. The first-order valence-corrected chi connectivity index (χ1v) is 11.5. The molecule has 0 atom stereocenters. The summed E-state index contributed by atoms with van der Waals surface area (Å²) in [6.07, 6.45) is 2.02. The molecule has 8 nitrogen and oxygen atoms in total. The number of rotatable bonds is 7. The van der Waals surface area contributed by atoms with Crippen molar-refractivity contribution >= 4 is 17.4 Å². The van der Waals surface area contributed by atoms with Gasteiger partial charge >= 0.3 is 0 Å². The number of fused-ring (bicyclic) bond motifs is 1. The zero-order chi connectivity index (χ0) is 21.9. The SMILES string of the molecule is CCCc1cc2nnc(SCc3ccc(-c4ccccc4-c4nn[nH]n4)cc3)n2c(C)n1. The molecule has 5 aromatic rings. The zero-order valence-corrected chi connectivity index (χ0v) is 18.7. The highest BCUT2D eigenvalue weighted by atomic mass is 32.2. The minimum absolute atomic E-state index is 0.588. The van der Waals surface area contributed by atoms with Crippen molar-refractivity contribution in [3.05, 3.63) is 71.7 Å². The quantitative estimate of drug-likeness (QED) is 0.370. The van der Waals surface area contributed by atoms with Gasteiger partial charge in [0.15, 0.2) is 10.8 Å². The lowest BCUT2D eigenvalue weighted by atomic mass is 9.98. The predicted octanol–water partition coefficient (Wildman–Crippen LogP) is 4.52. The Balaban J connectivity index is 1.35. The second-order valence-electron chi connectivity index (χ2n) is 7.49. The maximum absolute atomic E-state index is 4.71. The van der Waals surface area contributed by atoms with Gasteiger partial charge in [-0.05, 0) is 35.2 Å². The Kier molecular flexibility index (Phi) is 5.64. The molecule has 2 aromatic carbocycles. The van der Waals surface area contributed by atoms with Crippen LogP contribution in [0.1, 0.15) is 30.4 Å². The second-order valence-corrected chi connectivity index (χ2v) is 8.43. The average Bonchev–Trinajstić information content (AvgIpc) is 3.49. The van der Waals surface area contributed by atoms with Gasteiger partial charge in [0.25, 0.3) is 0 Å². The molecular weight excluding hydrogens is 420 g/mol. The van der Waals surface area contributed by atoms with Gasteiger partial charge in [-0.2, -0.15) is 5.21 Å². The number of thioether (sulfide) groups is 1. The molecular formula is C23H22N8S. The third kappa shape index (κ3) is 3.99. The largest absolute Gasteiger partial charge is 0.258 e. The molecule has 0 aliphatic heterocycles. The molecule has 160 valence electrons. The van der Waals surface area contributed by atoms with Gasteiger partial charge in [0.05, 0.1) is 0 Å². The fraction of sp³-hybridized carbons (Fsp3) is 0.217. The van der Waals surface area contributed by atoms with E-state index in [1.165, 1.54) is 5.56 Å². The van der Waals surface area contributed by atoms with Crippen molar-refractivity contribution < 1.29 is 0 Å². The van der Waals surface area contributed by atoms with Crippen LogP contribution in [0.4, 0.5) is 0 Å². The van der Waals surface area contributed by atoms with Gasteiger partial charge in [-0.25, -0.2) is 4.98 Å². The lowest BCUT2D eigenvalue weighted by molar-refractivity contribution is 0.816. The summed E-state index contributed by atoms with van der Waals surface area (Å²) < 4.78 is 2.03. The molecule has 1 N–H and O–H groups in total. The first-order chi connectivity index (χ1) is 15.7. The molecule has 5 rings (SSSR count). The van der Waals surface area contributed by atoms with E-state index < -0.39 is 0 Å². The number of aromatic nitrogens is 8. The summed E-state index contributed by atoms with van der Waals surface area (Å²) in [6, 6.07) is 18.6. The molecule has 0 spiro atoms. The molecule has 0 bridgehead atoms. The van der Waals surface area contributed by atoms with Crippen molar-refractivity contribution in [1.82, 2.24) is 40.2 Å². The standard InChI is InChI=1S/C23H22N8S/c1-3-6-18-13-21-25-28-23(31(21)15(2)24-18)32-14-16-9-11-17(12-10-16)19-7-4-5-8-20(19)22-26-29-30-27-22/h4-5,7-13H,3,6,14H2,1-2H3,(H,26,27,29,30). The number of aromatic amines is 1. The highest BCUT2D eigenvalue weighted by Gasteiger charge is 2.13. The number of aryl methyl sites for hydroxylation is 2. The van der Waals surface area contributed by atoms with Crippen LogP contribution >= 0.6 is 11.8 Å². The average molecular weight is 443 g/mol. The Morgan fingerprint density at radius 2 is 1.78 bits per heavy atom. The molecule has 3 aromatic heterocycles. The Morgan fingerprint density at radius 3 is 2.53 bits per heavy atom. The van der Waals surface area contributed by atoms with Crippen LogP contribution in [0, 0.1) is 6.92 Å². The van der Waals surface area contributed by atoms with Crippen LogP contribution in [0.2, 0.25) is 0 Å². The molecule has 0 saturated heterocycles. The summed E-state index contributed by atoms with van der Waals surface area (Å²) in [7, 11) is 0. The third-order valence-electron chi connectivity index (χ3n) is 5.24. The van der Waals surface area contributed by atoms with Gasteiger partial charge in [0.1, 0.15) is 5.82 Å². The van der Waals surface area contributed by atoms with Gasteiger partial charge in [-0.1, -0.05) is 73.6 Å². The van der Waals surface area contributed by atoms with Crippen molar-refractivity contribution in [1.29, 1.82) is 0 Å². The highest BCUT2D eigenvalue weighted by molar-refractivity contribution is 7.98. The normalized spacial score (nSPS) is 11.3. The van der Waals surface area contributed by atoms with Crippen molar-refractivity contribution in [2.75, 3.05) is 0 Å². The van der Waals surface area contributed by atoms with Gasteiger partial charge in [0, 0.05) is 23.1 Å². The van der Waals surface area contributed by atoms with Crippen LogP contribution in [0.3, 0.4) is 0 Å². The lowest BCUT2D eigenvalue weighted by Gasteiger charge is -2.08. The summed E-state index contributed by atoms with van der Waals surface area (Å²) in [5.74, 6) is 2.31. The molecule has 0 aliphatic carbocycles. The summed E-state index contributed by atoms with van der Waals surface area (Å²) in [5.41, 5.74) is 6.26. The zero-order valence-electron chi connectivity index (χ0n) is 17.9. The maximum atomic E-state index is 4.71. The molecule has 0 aliphatic rings. The van der Waals surface area contributed by atoms with E-state index in [-0.39, 0.29) is 0 Å². The maximum Gasteiger partial charge on any atom is 0.205 e. The Bertz CT molecular complexity index is 1340. The topological polar surface area (TPSA) is 97.5 Å². The van der Waals surface area contributed by atoms with Crippen LogP contribution in [-0.2, 0) is 12.2 Å². The summed E-state index contributed by atoms with van der Waals surface area (Å²) in [4.78, 5) is 4.71. The van der Waals surface area contributed by atoms with Gasteiger partial charge in [0.2, 0.25) is 5.82 Å². The van der Waals surface area contributed by atoms with E-state index >= 15 is 0 Å². The van der Waals surface area contributed by atoms with Crippen LogP contribution in [0.5, 0.6) is 0 Å². The van der Waals surface area contributed by atoms with Crippen molar-refractivity contribution in [2.45, 2.75) is 37.6 Å². The van der Waals surface area contributed by atoms with Gasteiger partial charge < -0.3 is 0 Å². The molecule has 0 amide bonds. The van der Waals surface area contributed by atoms with Crippen molar-refractivity contribution in [3.63, 3.8) is 0 Å². The van der Waals surface area contributed by atoms with E-state index in [1.54, 1.807) is 11.8 Å². The minimum Gasteiger partial charge on any atom is -0.258 e. The number of tetrazole rings is 1. The first-order valence-electron chi connectivity index (χ1n) is 10.5. The fourth-order valence-electron chi connectivity index (χ4n) is 3.73. The first kappa shape index (κ1) is 20.3. The number of benzene rings is 2. The van der Waals surface area contributed by atoms with Crippen LogP contribution in [0.25, 0.3) is 28.2 Å². The molecule has 9 heteroatoms. The van der Waals surface area contributed by atoms with E-state index in [9.17, 15) is 0 Å². The number of nitrogens with zero attached hydrogens (tertiary/aromatic N) is 7. The second kappa shape index (κ2) is 8.88. The Hall–Kier alpha value is -3.59. The summed E-state index contributed by atoms with van der Waals surface area (Å²) in [6.45, 7) is 4.16. The number of H-pyrrole nitrogens is 1. The molecule has 0 fully saturated rings. The van der Waals surface area contributed by atoms with Gasteiger partial charge in [-0.15, -0.1) is 20.4 Å². The van der Waals surface area contributed by atoms with Crippen LogP contribution < -0.4 is 0 Å². The van der Waals surface area contributed by atoms with Crippen LogP contribution in [0.15, 0.2) is 59.8 Å². The van der Waals surface area contributed by atoms with Gasteiger partial charge in [-0.3, -0.25) is 4.40 Å². The lowest BCUT2D eigenvalue weighted by Crippen LogP contribution is -2.01. The molecule has 32 heavy (non-hydrogen) atoms. The number of nitrogens with one attached hydrogen (secondary N) is 1.